The van der Waals surface area contributed by atoms with Gasteiger partial charge in [-0.1, -0.05) is 18.2 Å². The summed E-state index contributed by atoms with van der Waals surface area (Å²) in [5, 5.41) is 18.2. The van der Waals surface area contributed by atoms with Gasteiger partial charge in [-0.05, 0) is 67.4 Å². The van der Waals surface area contributed by atoms with E-state index < -0.39 is 0 Å². The molecule has 1 N–H and O–H groups in total. The highest BCUT2D eigenvalue weighted by Gasteiger charge is 2.14. The minimum atomic E-state index is 0.203. The molecule has 0 aliphatic carbocycles. The molecule has 0 radical (unpaired) electrons. The SMILES string of the molecule is Cc1ccc(-c2nc3ccccn3c2N=Nc2ccc(O)cc2)cc1C. The molecule has 2 aromatic heterocycles. The van der Waals surface area contributed by atoms with Crippen molar-refractivity contribution in [2.45, 2.75) is 13.8 Å². The Bertz CT molecular complexity index is 1110. The van der Waals surface area contributed by atoms with Crippen LogP contribution in [-0.4, -0.2) is 14.5 Å². The third kappa shape index (κ3) is 2.95. The Hall–Kier alpha value is -3.47. The average molecular weight is 342 g/mol. The lowest BCUT2D eigenvalue weighted by atomic mass is 10.0. The van der Waals surface area contributed by atoms with Gasteiger partial charge in [-0.15, -0.1) is 10.2 Å². The van der Waals surface area contributed by atoms with Gasteiger partial charge in [0.15, 0.2) is 5.82 Å². The highest BCUT2D eigenvalue weighted by atomic mass is 16.3. The number of benzene rings is 2. The fraction of sp³-hybridized carbons (Fsp3) is 0.0952. The summed E-state index contributed by atoms with van der Waals surface area (Å²) >= 11 is 0. The number of pyridine rings is 1. The van der Waals surface area contributed by atoms with Crippen LogP contribution in [-0.2, 0) is 0 Å². The molecule has 0 bridgehead atoms. The fourth-order valence-corrected chi connectivity index (χ4v) is 2.79. The third-order valence-electron chi connectivity index (χ3n) is 4.39. The van der Waals surface area contributed by atoms with Gasteiger partial charge in [-0.25, -0.2) is 4.98 Å². The lowest BCUT2D eigenvalue weighted by molar-refractivity contribution is 0.475. The van der Waals surface area contributed by atoms with Crippen LogP contribution in [0.1, 0.15) is 11.1 Å². The molecule has 0 atom stereocenters. The first-order valence-electron chi connectivity index (χ1n) is 8.37. The van der Waals surface area contributed by atoms with Gasteiger partial charge < -0.3 is 5.11 Å². The normalized spacial score (nSPS) is 11.5. The van der Waals surface area contributed by atoms with Crippen LogP contribution < -0.4 is 0 Å². The highest BCUT2D eigenvalue weighted by molar-refractivity contribution is 5.75. The molecule has 5 nitrogen and oxygen atoms in total. The maximum atomic E-state index is 9.40. The standard InChI is InChI=1S/C21H18N4O/c1-14-6-7-16(13-15(14)2)20-21(25-12-4-3-5-19(25)22-20)24-23-17-8-10-18(26)11-9-17/h3-13,26H,1-2H3. The molecule has 0 amide bonds. The van der Waals surface area contributed by atoms with Crippen LogP contribution in [0.4, 0.5) is 11.5 Å². The zero-order valence-corrected chi connectivity index (χ0v) is 14.6. The van der Waals surface area contributed by atoms with E-state index in [1.165, 1.54) is 11.1 Å². The monoisotopic (exact) mass is 342 g/mol. The van der Waals surface area contributed by atoms with E-state index in [9.17, 15) is 5.11 Å². The van der Waals surface area contributed by atoms with Gasteiger partial charge in [0, 0.05) is 11.8 Å². The molecular formula is C21H18N4O. The molecule has 26 heavy (non-hydrogen) atoms. The number of phenolic OH excluding ortho intramolecular Hbond substituents is 1. The number of imidazole rings is 1. The zero-order chi connectivity index (χ0) is 18.1. The highest BCUT2D eigenvalue weighted by Crippen LogP contribution is 2.33. The van der Waals surface area contributed by atoms with E-state index in [2.05, 4.69) is 42.3 Å². The number of azo groups is 1. The molecule has 128 valence electrons. The van der Waals surface area contributed by atoms with E-state index >= 15 is 0 Å². The lowest BCUT2D eigenvalue weighted by Gasteiger charge is -2.04. The van der Waals surface area contributed by atoms with E-state index in [0.717, 1.165) is 16.9 Å². The van der Waals surface area contributed by atoms with Crippen molar-refractivity contribution >= 4 is 17.2 Å². The Labute approximate surface area is 151 Å². The predicted octanol–water partition coefficient (Wildman–Crippen LogP) is 5.74. The Morgan fingerprint density at radius 1 is 0.885 bits per heavy atom. The van der Waals surface area contributed by atoms with Crippen molar-refractivity contribution < 1.29 is 5.11 Å². The van der Waals surface area contributed by atoms with Crippen molar-refractivity contribution in [3.8, 4) is 17.0 Å². The molecule has 4 aromatic rings. The fourth-order valence-electron chi connectivity index (χ4n) is 2.79. The third-order valence-corrected chi connectivity index (χ3v) is 4.39. The van der Waals surface area contributed by atoms with Crippen LogP contribution in [0, 0.1) is 13.8 Å². The molecule has 5 heteroatoms. The number of nitrogens with zero attached hydrogens (tertiary/aromatic N) is 4. The molecule has 0 unspecified atom stereocenters. The smallest absolute Gasteiger partial charge is 0.187 e. The molecule has 0 spiro atoms. The molecule has 0 fully saturated rings. The first kappa shape index (κ1) is 16.0. The van der Waals surface area contributed by atoms with Crippen molar-refractivity contribution in [2.24, 2.45) is 10.2 Å². The number of fused-ring (bicyclic) bond motifs is 1. The molecule has 0 aliphatic rings. The van der Waals surface area contributed by atoms with Gasteiger partial charge in [0.05, 0.1) is 5.69 Å². The van der Waals surface area contributed by atoms with Gasteiger partial charge in [-0.2, -0.15) is 0 Å². The Kier molecular flexibility index (Phi) is 3.97. The van der Waals surface area contributed by atoms with Crippen LogP contribution in [0.2, 0.25) is 0 Å². The van der Waals surface area contributed by atoms with Crippen molar-refractivity contribution in [1.29, 1.82) is 0 Å². The van der Waals surface area contributed by atoms with Crippen LogP contribution >= 0.6 is 0 Å². The van der Waals surface area contributed by atoms with Gasteiger partial charge >= 0.3 is 0 Å². The quantitative estimate of drug-likeness (QED) is 0.483. The van der Waals surface area contributed by atoms with Gasteiger partial charge in [0.1, 0.15) is 17.1 Å². The summed E-state index contributed by atoms with van der Waals surface area (Å²) in [4.78, 5) is 4.75. The molecule has 0 saturated carbocycles. The first-order valence-corrected chi connectivity index (χ1v) is 8.37. The van der Waals surface area contributed by atoms with Gasteiger partial charge in [-0.3, -0.25) is 4.40 Å². The van der Waals surface area contributed by atoms with Crippen LogP contribution in [0.25, 0.3) is 16.9 Å². The largest absolute Gasteiger partial charge is 0.508 e. The van der Waals surface area contributed by atoms with E-state index in [-0.39, 0.29) is 5.75 Å². The number of rotatable bonds is 3. The number of aromatic nitrogens is 2. The minimum absolute atomic E-state index is 0.203. The molecule has 2 aromatic carbocycles. The van der Waals surface area contributed by atoms with Crippen molar-refractivity contribution in [3.63, 3.8) is 0 Å². The number of hydrogen-bond donors (Lipinski definition) is 1. The maximum Gasteiger partial charge on any atom is 0.187 e. The van der Waals surface area contributed by atoms with Crippen molar-refractivity contribution in [1.82, 2.24) is 9.38 Å². The second kappa shape index (κ2) is 6.44. The Balaban J connectivity index is 1.86. The molecular weight excluding hydrogens is 324 g/mol. The summed E-state index contributed by atoms with van der Waals surface area (Å²) in [5.41, 5.74) is 5.74. The van der Waals surface area contributed by atoms with E-state index in [1.54, 1.807) is 24.3 Å². The summed E-state index contributed by atoms with van der Waals surface area (Å²) in [6.45, 7) is 4.18. The molecule has 0 aliphatic heterocycles. The molecule has 0 saturated heterocycles. The first-order chi connectivity index (χ1) is 12.6. The number of hydrogen-bond acceptors (Lipinski definition) is 4. The average Bonchev–Trinajstić information content (AvgIpc) is 3.02. The summed E-state index contributed by atoms with van der Waals surface area (Å²) in [6, 6.07) is 18.7. The van der Waals surface area contributed by atoms with Gasteiger partial charge in [0.25, 0.3) is 0 Å². The second-order valence-corrected chi connectivity index (χ2v) is 6.23. The van der Waals surface area contributed by atoms with E-state index in [1.807, 2.05) is 28.8 Å². The number of aromatic hydroxyl groups is 1. The Morgan fingerprint density at radius 3 is 2.46 bits per heavy atom. The van der Waals surface area contributed by atoms with Crippen LogP contribution in [0.5, 0.6) is 5.75 Å². The number of aryl methyl sites for hydroxylation is 2. The number of phenols is 1. The summed E-state index contributed by atoms with van der Waals surface area (Å²) in [5.74, 6) is 0.881. The zero-order valence-electron chi connectivity index (χ0n) is 14.6. The van der Waals surface area contributed by atoms with Crippen molar-refractivity contribution in [3.05, 3.63) is 78.0 Å². The van der Waals surface area contributed by atoms with Gasteiger partial charge in [0.2, 0.25) is 0 Å². The molecule has 4 rings (SSSR count). The van der Waals surface area contributed by atoms with Crippen LogP contribution in [0.3, 0.4) is 0 Å². The predicted molar refractivity (Wildman–Crippen MR) is 102 cm³/mol. The minimum Gasteiger partial charge on any atom is -0.508 e. The second-order valence-electron chi connectivity index (χ2n) is 6.23. The van der Waals surface area contributed by atoms with Crippen LogP contribution in [0.15, 0.2) is 77.1 Å². The summed E-state index contributed by atoms with van der Waals surface area (Å²) in [6.07, 6.45) is 1.93. The van der Waals surface area contributed by atoms with E-state index in [4.69, 9.17) is 4.98 Å². The van der Waals surface area contributed by atoms with Crippen molar-refractivity contribution in [2.75, 3.05) is 0 Å². The lowest BCUT2D eigenvalue weighted by Crippen LogP contribution is -1.84. The summed E-state index contributed by atoms with van der Waals surface area (Å²) in [7, 11) is 0. The maximum absolute atomic E-state index is 9.40. The van der Waals surface area contributed by atoms with E-state index in [0.29, 0.717) is 11.5 Å². The molecule has 2 heterocycles. The topological polar surface area (TPSA) is 62.2 Å². The summed E-state index contributed by atoms with van der Waals surface area (Å²) < 4.78 is 1.93. The Morgan fingerprint density at radius 2 is 1.69 bits per heavy atom.